The van der Waals surface area contributed by atoms with Gasteiger partial charge in [0.25, 0.3) is 0 Å². The Morgan fingerprint density at radius 3 is 2.45 bits per heavy atom. The van der Waals surface area contributed by atoms with Gasteiger partial charge < -0.3 is 18.9 Å². The Hall–Kier alpha value is -3.44. The molecule has 0 atom stereocenters. The Morgan fingerprint density at radius 2 is 1.74 bits per heavy atom. The summed E-state index contributed by atoms with van der Waals surface area (Å²) in [5, 5.41) is 0.677. The molecule has 0 aliphatic carbocycles. The van der Waals surface area contributed by atoms with Crippen LogP contribution in [0.4, 0.5) is 0 Å². The van der Waals surface area contributed by atoms with Gasteiger partial charge in [-0.15, -0.1) is 0 Å². The molecule has 1 aliphatic heterocycles. The summed E-state index contributed by atoms with van der Waals surface area (Å²) >= 11 is 5.93. The first kappa shape index (κ1) is 20.8. The molecular weight excluding hydrogens is 416 g/mol. The third kappa shape index (κ3) is 4.37. The number of hydrogen-bond acceptors (Lipinski definition) is 5. The third-order valence-electron chi connectivity index (χ3n) is 4.99. The van der Waals surface area contributed by atoms with E-state index in [1.807, 2.05) is 37.3 Å². The summed E-state index contributed by atoms with van der Waals surface area (Å²) < 4.78 is 22.5. The number of ketones is 1. The van der Waals surface area contributed by atoms with Crippen LogP contribution < -0.4 is 18.9 Å². The third-order valence-corrected chi connectivity index (χ3v) is 5.24. The standard InChI is InChI=1S/C25H21ClO5/c1-15-10-20(30-14-16-4-6-18(26)7-5-16)13-22-24(15)25(27)23(31-22)12-17-11-19(28-2)8-9-21(17)29-3/h4-13H,14H2,1-3H3/b23-12-. The predicted octanol–water partition coefficient (Wildman–Crippen LogP) is 5.86. The van der Waals surface area contributed by atoms with Gasteiger partial charge in [-0.2, -0.15) is 0 Å². The maximum atomic E-state index is 13.0. The summed E-state index contributed by atoms with van der Waals surface area (Å²) in [6, 6.07) is 16.4. The second kappa shape index (κ2) is 8.74. The van der Waals surface area contributed by atoms with Crippen LogP contribution in [0.15, 0.2) is 60.4 Å². The average Bonchev–Trinajstić information content (AvgIpc) is 3.08. The molecule has 0 saturated heterocycles. The molecule has 4 rings (SSSR count). The molecule has 0 aromatic heterocycles. The number of carbonyl (C=O) groups excluding carboxylic acids is 1. The molecule has 0 bridgehead atoms. The summed E-state index contributed by atoms with van der Waals surface area (Å²) in [4.78, 5) is 13.0. The van der Waals surface area contributed by atoms with Crippen LogP contribution in [-0.4, -0.2) is 20.0 Å². The molecular formula is C25H21ClO5. The van der Waals surface area contributed by atoms with Gasteiger partial charge in [-0.05, 0) is 60.5 Å². The summed E-state index contributed by atoms with van der Waals surface area (Å²) in [5.74, 6) is 2.42. The van der Waals surface area contributed by atoms with Crippen LogP contribution in [0.2, 0.25) is 5.02 Å². The lowest BCUT2D eigenvalue weighted by Gasteiger charge is -2.09. The zero-order valence-corrected chi connectivity index (χ0v) is 18.2. The fourth-order valence-electron chi connectivity index (χ4n) is 3.40. The Kier molecular flexibility index (Phi) is 5.87. The summed E-state index contributed by atoms with van der Waals surface area (Å²) in [5.41, 5.74) is 3.00. The van der Waals surface area contributed by atoms with Crippen LogP contribution >= 0.6 is 11.6 Å². The lowest BCUT2D eigenvalue weighted by molar-refractivity contribution is 0.101. The molecule has 3 aromatic rings. The summed E-state index contributed by atoms with van der Waals surface area (Å²) in [6.07, 6.45) is 1.66. The van der Waals surface area contributed by atoms with E-state index in [1.165, 1.54) is 0 Å². The molecule has 0 amide bonds. The van der Waals surface area contributed by atoms with Crippen LogP contribution in [-0.2, 0) is 6.61 Å². The van der Waals surface area contributed by atoms with Gasteiger partial charge in [0.05, 0.1) is 19.8 Å². The van der Waals surface area contributed by atoms with Gasteiger partial charge >= 0.3 is 0 Å². The number of ether oxygens (including phenoxy) is 4. The molecule has 0 spiro atoms. The first-order valence-electron chi connectivity index (χ1n) is 9.66. The number of allylic oxidation sites excluding steroid dienone is 1. The SMILES string of the molecule is COc1ccc(OC)c(/C=C2\Oc3cc(OCc4ccc(Cl)cc4)cc(C)c3C2=O)c1. The Bertz CT molecular complexity index is 1170. The van der Waals surface area contributed by atoms with Crippen molar-refractivity contribution >= 4 is 23.5 Å². The van der Waals surface area contributed by atoms with E-state index in [9.17, 15) is 4.79 Å². The van der Waals surface area contributed by atoms with Gasteiger partial charge in [0.15, 0.2) is 5.76 Å². The lowest BCUT2D eigenvalue weighted by atomic mass is 10.0. The predicted molar refractivity (Wildman–Crippen MR) is 119 cm³/mol. The van der Waals surface area contributed by atoms with Crippen molar-refractivity contribution in [3.63, 3.8) is 0 Å². The number of aryl methyl sites for hydroxylation is 1. The molecule has 6 heteroatoms. The minimum absolute atomic E-state index is 0.179. The topological polar surface area (TPSA) is 54.0 Å². The maximum absolute atomic E-state index is 13.0. The van der Waals surface area contributed by atoms with Crippen molar-refractivity contribution in [1.29, 1.82) is 0 Å². The summed E-state index contributed by atoms with van der Waals surface area (Å²) in [7, 11) is 3.16. The molecule has 1 aliphatic rings. The second-order valence-corrected chi connectivity index (χ2v) is 7.51. The van der Waals surface area contributed by atoms with Crippen molar-refractivity contribution in [3.05, 3.63) is 87.6 Å². The fourth-order valence-corrected chi connectivity index (χ4v) is 3.53. The van der Waals surface area contributed by atoms with Crippen LogP contribution in [0.1, 0.15) is 27.0 Å². The Labute approximate surface area is 185 Å². The van der Waals surface area contributed by atoms with E-state index in [0.29, 0.717) is 45.8 Å². The van der Waals surface area contributed by atoms with Crippen molar-refractivity contribution in [2.24, 2.45) is 0 Å². The second-order valence-electron chi connectivity index (χ2n) is 7.08. The fraction of sp³-hybridized carbons (Fsp3) is 0.160. The van der Waals surface area contributed by atoms with Crippen molar-refractivity contribution in [2.75, 3.05) is 14.2 Å². The largest absolute Gasteiger partial charge is 0.497 e. The molecule has 1 heterocycles. The van der Waals surface area contributed by atoms with Crippen LogP contribution in [0.3, 0.4) is 0 Å². The molecule has 0 fully saturated rings. The number of methoxy groups -OCH3 is 2. The first-order valence-corrected chi connectivity index (χ1v) is 10.0. The lowest BCUT2D eigenvalue weighted by Crippen LogP contribution is -2.00. The van der Waals surface area contributed by atoms with E-state index in [4.69, 9.17) is 30.5 Å². The normalized spacial score (nSPS) is 13.7. The highest BCUT2D eigenvalue weighted by molar-refractivity contribution is 6.30. The molecule has 31 heavy (non-hydrogen) atoms. The van der Waals surface area contributed by atoms with Crippen molar-refractivity contribution in [1.82, 2.24) is 0 Å². The van der Waals surface area contributed by atoms with E-state index in [0.717, 1.165) is 11.1 Å². The zero-order chi connectivity index (χ0) is 22.0. The molecule has 3 aromatic carbocycles. The van der Waals surface area contributed by atoms with E-state index < -0.39 is 0 Å². The molecule has 0 N–H and O–H groups in total. The molecule has 158 valence electrons. The summed E-state index contributed by atoms with van der Waals surface area (Å²) in [6.45, 7) is 2.25. The Balaban J connectivity index is 1.59. The minimum atomic E-state index is -0.179. The monoisotopic (exact) mass is 436 g/mol. The van der Waals surface area contributed by atoms with E-state index in [2.05, 4.69) is 0 Å². The number of Topliss-reactive ketones (excluding diaryl/α,β-unsaturated/α-hetero) is 1. The van der Waals surface area contributed by atoms with Gasteiger partial charge in [-0.1, -0.05) is 23.7 Å². The number of benzene rings is 3. The minimum Gasteiger partial charge on any atom is -0.497 e. The van der Waals surface area contributed by atoms with Gasteiger partial charge in [-0.25, -0.2) is 0 Å². The molecule has 0 radical (unpaired) electrons. The van der Waals surface area contributed by atoms with Crippen molar-refractivity contribution in [2.45, 2.75) is 13.5 Å². The number of rotatable bonds is 6. The van der Waals surface area contributed by atoms with E-state index in [-0.39, 0.29) is 11.5 Å². The van der Waals surface area contributed by atoms with Crippen LogP contribution in [0.25, 0.3) is 6.08 Å². The number of hydrogen-bond donors (Lipinski definition) is 0. The average molecular weight is 437 g/mol. The number of fused-ring (bicyclic) bond motifs is 1. The number of halogens is 1. The highest BCUT2D eigenvalue weighted by Crippen LogP contribution is 2.38. The van der Waals surface area contributed by atoms with Gasteiger partial charge in [-0.3, -0.25) is 4.79 Å². The Morgan fingerprint density at radius 1 is 0.968 bits per heavy atom. The van der Waals surface area contributed by atoms with E-state index >= 15 is 0 Å². The molecule has 0 saturated carbocycles. The van der Waals surface area contributed by atoms with Gasteiger partial charge in [0.1, 0.15) is 29.6 Å². The highest BCUT2D eigenvalue weighted by Gasteiger charge is 2.30. The molecule has 0 unspecified atom stereocenters. The smallest absolute Gasteiger partial charge is 0.232 e. The highest BCUT2D eigenvalue weighted by atomic mass is 35.5. The van der Waals surface area contributed by atoms with Gasteiger partial charge in [0, 0.05) is 16.7 Å². The quantitative estimate of drug-likeness (QED) is 0.453. The molecule has 5 nitrogen and oxygen atoms in total. The first-order chi connectivity index (χ1) is 15.0. The van der Waals surface area contributed by atoms with Crippen molar-refractivity contribution in [3.8, 4) is 23.0 Å². The zero-order valence-electron chi connectivity index (χ0n) is 17.4. The van der Waals surface area contributed by atoms with Crippen LogP contribution in [0, 0.1) is 6.92 Å². The number of carbonyl (C=O) groups is 1. The van der Waals surface area contributed by atoms with Gasteiger partial charge in [0.2, 0.25) is 5.78 Å². The van der Waals surface area contributed by atoms with E-state index in [1.54, 1.807) is 44.6 Å². The van der Waals surface area contributed by atoms with Crippen molar-refractivity contribution < 1.29 is 23.7 Å². The maximum Gasteiger partial charge on any atom is 0.232 e. The van der Waals surface area contributed by atoms with Crippen LogP contribution in [0.5, 0.6) is 23.0 Å².